The first-order chi connectivity index (χ1) is 11.3. The molecule has 0 saturated heterocycles. The number of hydrogen-bond acceptors (Lipinski definition) is 4. The quantitative estimate of drug-likeness (QED) is 0.709. The number of methoxy groups -OCH3 is 1. The van der Waals surface area contributed by atoms with E-state index in [1.54, 1.807) is 7.11 Å². The number of hydrogen-bond donors (Lipinski definition) is 1. The average molecular weight is 316 g/mol. The molecule has 4 heteroatoms. The van der Waals surface area contributed by atoms with Gasteiger partial charge >= 0.3 is 0 Å². The molecular weight excluding hydrogens is 288 g/mol. The van der Waals surface area contributed by atoms with E-state index in [-0.39, 0.29) is 0 Å². The summed E-state index contributed by atoms with van der Waals surface area (Å²) in [6.07, 6.45) is 10.1. The monoisotopic (exact) mass is 316 g/mol. The van der Waals surface area contributed by atoms with E-state index in [0.717, 1.165) is 30.2 Å². The van der Waals surface area contributed by atoms with E-state index in [1.165, 1.54) is 25.0 Å². The van der Waals surface area contributed by atoms with Gasteiger partial charge in [0.05, 0.1) is 12.8 Å². The van der Waals surface area contributed by atoms with Crippen molar-refractivity contribution in [2.45, 2.75) is 32.7 Å². The van der Waals surface area contributed by atoms with Crippen LogP contribution >= 0.6 is 0 Å². The molecule has 1 aliphatic heterocycles. The van der Waals surface area contributed by atoms with Crippen LogP contribution in [0.3, 0.4) is 0 Å². The van der Waals surface area contributed by atoms with Crippen LogP contribution < -0.4 is 15.2 Å². The van der Waals surface area contributed by atoms with Crippen LogP contribution in [0.5, 0.6) is 11.5 Å². The fourth-order valence-electron chi connectivity index (χ4n) is 2.63. The first-order valence-electron chi connectivity index (χ1n) is 8.39. The Morgan fingerprint density at radius 1 is 1.22 bits per heavy atom. The summed E-state index contributed by atoms with van der Waals surface area (Å²) in [7, 11) is 1.66. The van der Waals surface area contributed by atoms with E-state index in [9.17, 15) is 0 Å². The van der Waals surface area contributed by atoms with Crippen LogP contribution in [-0.4, -0.2) is 31.7 Å². The number of ether oxygens (including phenoxy) is 2. The molecule has 0 spiro atoms. The third-order valence-corrected chi connectivity index (χ3v) is 4.03. The second-order valence-corrected chi connectivity index (χ2v) is 5.72. The molecule has 0 atom stereocenters. The Morgan fingerprint density at radius 3 is 2.83 bits per heavy atom. The normalized spacial score (nSPS) is 13.9. The topological polar surface area (TPSA) is 47.7 Å². The highest BCUT2D eigenvalue weighted by Gasteiger charge is 2.13. The van der Waals surface area contributed by atoms with Gasteiger partial charge in [-0.2, -0.15) is 0 Å². The second kappa shape index (κ2) is 9.26. The maximum Gasteiger partial charge on any atom is 0.162 e. The number of nitrogens with two attached hydrogens (primary N) is 1. The zero-order chi connectivity index (χ0) is 16.5. The van der Waals surface area contributed by atoms with Crippen LogP contribution in [0.1, 0.15) is 31.7 Å². The van der Waals surface area contributed by atoms with Crippen LogP contribution in [0, 0.1) is 0 Å². The molecule has 0 bridgehead atoms. The lowest BCUT2D eigenvalue weighted by Crippen LogP contribution is -2.29. The SMILES string of the molecule is CCCCCN1CC=CC=C1COc1cc(CN)ccc1OC. The van der Waals surface area contributed by atoms with Crippen LogP contribution in [0.4, 0.5) is 0 Å². The van der Waals surface area contributed by atoms with E-state index in [2.05, 4.69) is 30.1 Å². The van der Waals surface area contributed by atoms with Gasteiger partial charge in [0.2, 0.25) is 0 Å². The van der Waals surface area contributed by atoms with Crippen LogP contribution in [0.25, 0.3) is 0 Å². The van der Waals surface area contributed by atoms with Crippen LogP contribution in [0.15, 0.2) is 42.1 Å². The summed E-state index contributed by atoms with van der Waals surface area (Å²) < 4.78 is 11.4. The molecule has 0 fully saturated rings. The number of benzene rings is 1. The van der Waals surface area contributed by atoms with Gasteiger partial charge in [0, 0.05) is 19.6 Å². The predicted octanol–water partition coefficient (Wildman–Crippen LogP) is 3.48. The van der Waals surface area contributed by atoms with Gasteiger partial charge in [-0.05, 0) is 30.2 Å². The van der Waals surface area contributed by atoms with Crippen LogP contribution in [-0.2, 0) is 6.54 Å². The van der Waals surface area contributed by atoms with Gasteiger partial charge < -0.3 is 20.1 Å². The summed E-state index contributed by atoms with van der Waals surface area (Å²) in [5, 5.41) is 0. The van der Waals surface area contributed by atoms with Crippen molar-refractivity contribution >= 4 is 0 Å². The number of nitrogens with zero attached hydrogens (tertiary/aromatic N) is 1. The standard InChI is InChI=1S/C19H28N2O2/c1-3-4-6-11-21-12-7-5-8-17(21)15-23-19-13-16(14-20)9-10-18(19)22-2/h5,7-10,13H,3-4,6,11-12,14-15,20H2,1-2H3. The van der Waals surface area contributed by atoms with Crippen molar-refractivity contribution in [2.24, 2.45) is 5.73 Å². The molecule has 2 rings (SSSR count). The van der Waals surface area contributed by atoms with Crippen molar-refractivity contribution in [3.8, 4) is 11.5 Å². The smallest absolute Gasteiger partial charge is 0.162 e. The van der Waals surface area contributed by atoms with Gasteiger partial charge in [0.25, 0.3) is 0 Å². The summed E-state index contributed by atoms with van der Waals surface area (Å²) in [5.74, 6) is 1.49. The summed E-state index contributed by atoms with van der Waals surface area (Å²) >= 11 is 0. The molecule has 1 aromatic carbocycles. The fourth-order valence-corrected chi connectivity index (χ4v) is 2.63. The van der Waals surface area contributed by atoms with Crippen molar-refractivity contribution in [1.29, 1.82) is 0 Å². The molecule has 126 valence electrons. The Labute approximate surface area is 139 Å². The third-order valence-electron chi connectivity index (χ3n) is 4.03. The summed E-state index contributed by atoms with van der Waals surface area (Å²) in [5.41, 5.74) is 7.97. The minimum absolute atomic E-state index is 0.495. The zero-order valence-electron chi connectivity index (χ0n) is 14.3. The molecule has 0 saturated carbocycles. The minimum Gasteiger partial charge on any atom is -0.493 e. The Morgan fingerprint density at radius 2 is 2.09 bits per heavy atom. The molecular formula is C19H28N2O2. The maximum atomic E-state index is 6.02. The highest BCUT2D eigenvalue weighted by molar-refractivity contribution is 5.43. The molecule has 4 nitrogen and oxygen atoms in total. The molecule has 0 aliphatic carbocycles. The fraction of sp³-hybridized carbons (Fsp3) is 0.474. The van der Waals surface area contributed by atoms with E-state index >= 15 is 0 Å². The first kappa shape index (κ1) is 17.4. The van der Waals surface area contributed by atoms with Crippen molar-refractivity contribution in [3.05, 3.63) is 47.7 Å². The van der Waals surface area contributed by atoms with Crippen molar-refractivity contribution in [2.75, 3.05) is 26.8 Å². The molecule has 0 unspecified atom stereocenters. The van der Waals surface area contributed by atoms with Gasteiger partial charge in [-0.3, -0.25) is 0 Å². The number of unbranched alkanes of at least 4 members (excludes halogenated alkanes) is 2. The summed E-state index contributed by atoms with van der Waals surface area (Å²) in [6.45, 7) is 5.30. The summed E-state index contributed by atoms with van der Waals surface area (Å²) in [6, 6.07) is 5.83. The summed E-state index contributed by atoms with van der Waals surface area (Å²) in [4.78, 5) is 2.38. The lowest BCUT2D eigenvalue weighted by molar-refractivity contribution is 0.263. The molecule has 0 aromatic heterocycles. The minimum atomic E-state index is 0.495. The van der Waals surface area contributed by atoms with E-state index in [4.69, 9.17) is 15.2 Å². The van der Waals surface area contributed by atoms with Gasteiger partial charge in [-0.25, -0.2) is 0 Å². The van der Waals surface area contributed by atoms with E-state index < -0.39 is 0 Å². The second-order valence-electron chi connectivity index (χ2n) is 5.72. The first-order valence-corrected chi connectivity index (χ1v) is 8.39. The molecule has 0 amide bonds. The lowest BCUT2D eigenvalue weighted by atomic mass is 10.2. The Balaban J connectivity index is 2.00. The third kappa shape index (κ3) is 5.03. The predicted molar refractivity (Wildman–Crippen MR) is 94.7 cm³/mol. The van der Waals surface area contributed by atoms with Gasteiger partial charge in [0.1, 0.15) is 6.61 Å². The molecule has 1 aliphatic rings. The Kier molecular flexibility index (Phi) is 7.01. The number of allylic oxidation sites excluding steroid dienone is 2. The Bertz CT molecular complexity index is 552. The van der Waals surface area contributed by atoms with Crippen molar-refractivity contribution in [1.82, 2.24) is 4.90 Å². The van der Waals surface area contributed by atoms with Gasteiger partial charge in [-0.1, -0.05) is 38.0 Å². The Hall–Kier alpha value is -1.94. The molecule has 2 N–H and O–H groups in total. The number of rotatable bonds is 9. The largest absolute Gasteiger partial charge is 0.493 e. The van der Waals surface area contributed by atoms with E-state index in [1.807, 2.05) is 18.2 Å². The highest BCUT2D eigenvalue weighted by atomic mass is 16.5. The van der Waals surface area contributed by atoms with Gasteiger partial charge in [0.15, 0.2) is 11.5 Å². The molecule has 1 heterocycles. The molecule has 0 radical (unpaired) electrons. The van der Waals surface area contributed by atoms with Gasteiger partial charge in [-0.15, -0.1) is 0 Å². The average Bonchev–Trinajstić information content (AvgIpc) is 2.60. The van der Waals surface area contributed by atoms with Crippen molar-refractivity contribution in [3.63, 3.8) is 0 Å². The maximum absolute atomic E-state index is 6.02. The zero-order valence-corrected chi connectivity index (χ0v) is 14.3. The molecule has 23 heavy (non-hydrogen) atoms. The van der Waals surface area contributed by atoms with Crippen molar-refractivity contribution < 1.29 is 9.47 Å². The lowest BCUT2D eigenvalue weighted by Gasteiger charge is -2.28. The highest BCUT2D eigenvalue weighted by Crippen LogP contribution is 2.28. The van der Waals surface area contributed by atoms with Crippen LogP contribution in [0.2, 0.25) is 0 Å². The van der Waals surface area contributed by atoms with E-state index in [0.29, 0.717) is 13.2 Å². The molecule has 1 aromatic rings.